The van der Waals surface area contributed by atoms with Gasteiger partial charge in [0.05, 0.1) is 13.1 Å². The molecule has 0 unspecified atom stereocenters. The number of aliphatic imine (C=N–C) groups is 1. The Kier molecular flexibility index (Phi) is 9.24. The number of carbonyl (C=O) groups is 1. The summed E-state index contributed by atoms with van der Waals surface area (Å²) >= 11 is 0. The summed E-state index contributed by atoms with van der Waals surface area (Å²) in [5.41, 5.74) is 2.36. The molecule has 2 aromatic carbocycles. The molecule has 2 aromatic rings. The van der Waals surface area contributed by atoms with E-state index in [1.165, 1.54) is 5.69 Å². The molecule has 1 fully saturated rings. The Labute approximate surface area is 190 Å². The van der Waals surface area contributed by atoms with Crippen LogP contribution in [0.3, 0.4) is 0 Å². The first-order valence-corrected chi connectivity index (χ1v) is 9.71. The van der Waals surface area contributed by atoms with Crippen LogP contribution in [0.15, 0.2) is 65.7 Å². The number of hydrogen-bond acceptors (Lipinski definition) is 3. The first kappa shape index (κ1) is 23.0. The van der Waals surface area contributed by atoms with E-state index in [-0.39, 0.29) is 36.4 Å². The molecule has 1 amide bonds. The average Bonchev–Trinajstić information content (AvgIpc) is 2.75. The van der Waals surface area contributed by atoms with Crippen molar-refractivity contribution in [1.82, 2.24) is 15.1 Å². The second kappa shape index (κ2) is 11.6. The van der Waals surface area contributed by atoms with Crippen LogP contribution in [0, 0.1) is 0 Å². The number of halogens is 1. The summed E-state index contributed by atoms with van der Waals surface area (Å²) in [6, 6.07) is 20.5. The molecule has 1 saturated heterocycles. The van der Waals surface area contributed by atoms with E-state index in [4.69, 9.17) is 0 Å². The molecule has 7 heteroatoms. The minimum Gasteiger partial charge on any atom is -0.368 e. The Morgan fingerprint density at radius 1 is 0.966 bits per heavy atom. The smallest absolute Gasteiger partial charge is 0.242 e. The maximum Gasteiger partial charge on any atom is 0.242 e. The first-order valence-electron chi connectivity index (χ1n) is 9.71. The first-order chi connectivity index (χ1) is 13.6. The topological polar surface area (TPSA) is 51.2 Å². The number of nitrogens with one attached hydrogen (secondary N) is 1. The second-order valence-corrected chi connectivity index (χ2v) is 7.08. The molecule has 0 atom stereocenters. The largest absolute Gasteiger partial charge is 0.368 e. The zero-order valence-electron chi connectivity index (χ0n) is 17.1. The summed E-state index contributed by atoms with van der Waals surface area (Å²) in [6.07, 6.45) is 0. The highest BCUT2D eigenvalue weighted by Gasteiger charge is 2.21. The predicted molar refractivity (Wildman–Crippen MR) is 130 cm³/mol. The molecule has 0 saturated carbocycles. The number of carbonyl (C=O) groups excluding carboxylic acids is 1. The third kappa shape index (κ3) is 6.92. The van der Waals surface area contributed by atoms with Crippen LogP contribution in [0.2, 0.25) is 0 Å². The summed E-state index contributed by atoms with van der Waals surface area (Å²) in [4.78, 5) is 23.4. The molecule has 3 rings (SSSR count). The molecule has 0 radical (unpaired) electrons. The van der Waals surface area contributed by atoms with Crippen LogP contribution in [0.4, 0.5) is 5.69 Å². The number of benzene rings is 2. The Morgan fingerprint density at radius 3 is 2.14 bits per heavy atom. The molecule has 29 heavy (non-hydrogen) atoms. The van der Waals surface area contributed by atoms with Gasteiger partial charge in [0.1, 0.15) is 0 Å². The summed E-state index contributed by atoms with van der Waals surface area (Å²) in [6.45, 7) is 4.06. The quantitative estimate of drug-likeness (QED) is 0.384. The van der Waals surface area contributed by atoms with E-state index in [0.29, 0.717) is 6.54 Å². The normalized spacial score (nSPS) is 14.2. The van der Waals surface area contributed by atoms with E-state index in [1.807, 2.05) is 72.4 Å². The number of rotatable bonds is 5. The molecule has 156 valence electrons. The fourth-order valence-electron chi connectivity index (χ4n) is 3.22. The Bertz CT molecular complexity index is 774. The van der Waals surface area contributed by atoms with Crippen molar-refractivity contribution < 1.29 is 4.79 Å². The van der Waals surface area contributed by atoms with Crippen molar-refractivity contribution in [3.63, 3.8) is 0 Å². The molecule has 0 aromatic heterocycles. The molecule has 1 N–H and O–H groups in total. The van der Waals surface area contributed by atoms with Gasteiger partial charge in [-0.15, -0.1) is 24.0 Å². The van der Waals surface area contributed by atoms with Crippen LogP contribution in [0.1, 0.15) is 5.56 Å². The Balaban J connectivity index is 0.00000300. The van der Waals surface area contributed by atoms with Crippen molar-refractivity contribution in [1.29, 1.82) is 0 Å². The fraction of sp³-hybridized carbons (Fsp3) is 0.364. The molecule has 1 aliphatic heterocycles. The van der Waals surface area contributed by atoms with Gasteiger partial charge in [-0.3, -0.25) is 4.79 Å². The van der Waals surface area contributed by atoms with E-state index in [2.05, 4.69) is 27.3 Å². The summed E-state index contributed by atoms with van der Waals surface area (Å²) in [7, 11) is 3.86. The van der Waals surface area contributed by atoms with Crippen LogP contribution >= 0.6 is 24.0 Å². The van der Waals surface area contributed by atoms with Crippen molar-refractivity contribution in [2.24, 2.45) is 4.99 Å². The maximum atomic E-state index is 12.6. The second-order valence-electron chi connectivity index (χ2n) is 7.08. The van der Waals surface area contributed by atoms with Crippen LogP contribution in [-0.4, -0.2) is 68.5 Å². The van der Waals surface area contributed by atoms with Crippen LogP contribution < -0.4 is 10.2 Å². The SMILES string of the molecule is CN(C)C(=NCc1ccccc1)NCC(=O)N1CCN(c2ccccc2)CC1.I. The predicted octanol–water partition coefficient (Wildman–Crippen LogP) is 2.66. The van der Waals surface area contributed by atoms with E-state index < -0.39 is 0 Å². The molecule has 0 spiro atoms. The van der Waals surface area contributed by atoms with Gasteiger partial charge < -0.3 is 20.0 Å². The van der Waals surface area contributed by atoms with Gasteiger partial charge in [0, 0.05) is 46.0 Å². The number of anilines is 1. The highest BCUT2D eigenvalue weighted by Crippen LogP contribution is 2.15. The molecular formula is C22H30IN5O. The average molecular weight is 507 g/mol. The van der Waals surface area contributed by atoms with Gasteiger partial charge in [-0.2, -0.15) is 0 Å². The molecule has 6 nitrogen and oxygen atoms in total. The third-order valence-electron chi connectivity index (χ3n) is 4.83. The summed E-state index contributed by atoms with van der Waals surface area (Å²) in [5, 5.41) is 3.20. The number of amides is 1. The lowest BCUT2D eigenvalue weighted by Crippen LogP contribution is -2.52. The number of hydrogen-bond donors (Lipinski definition) is 1. The lowest BCUT2D eigenvalue weighted by atomic mass is 10.2. The monoisotopic (exact) mass is 507 g/mol. The molecule has 1 aliphatic rings. The summed E-state index contributed by atoms with van der Waals surface area (Å²) in [5.74, 6) is 0.835. The standard InChI is InChI=1S/C22H29N5O.HI/c1-25(2)22(23-17-19-9-5-3-6-10-19)24-18-21(28)27-15-13-26(14-16-27)20-11-7-4-8-12-20;/h3-12H,13-18H2,1-2H3,(H,23,24);1H. The number of piperazine rings is 1. The van der Waals surface area contributed by atoms with Gasteiger partial charge in [-0.25, -0.2) is 4.99 Å². The van der Waals surface area contributed by atoms with Gasteiger partial charge in [-0.05, 0) is 17.7 Å². The third-order valence-corrected chi connectivity index (χ3v) is 4.83. The van der Waals surface area contributed by atoms with Gasteiger partial charge in [0.15, 0.2) is 5.96 Å². The highest BCUT2D eigenvalue weighted by molar-refractivity contribution is 14.0. The summed E-state index contributed by atoms with van der Waals surface area (Å²) < 4.78 is 0. The van der Waals surface area contributed by atoms with E-state index in [0.717, 1.165) is 37.7 Å². The van der Waals surface area contributed by atoms with Gasteiger partial charge in [0.25, 0.3) is 0 Å². The highest BCUT2D eigenvalue weighted by atomic mass is 127. The number of nitrogens with zero attached hydrogens (tertiary/aromatic N) is 4. The van der Waals surface area contributed by atoms with E-state index in [1.54, 1.807) is 0 Å². The van der Waals surface area contributed by atoms with Crippen molar-refractivity contribution in [2.45, 2.75) is 6.54 Å². The molecule has 0 bridgehead atoms. The maximum absolute atomic E-state index is 12.6. The van der Waals surface area contributed by atoms with Gasteiger partial charge in [-0.1, -0.05) is 48.5 Å². The lowest BCUT2D eigenvalue weighted by Gasteiger charge is -2.36. The number of para-hydroxylation sites is 1. The zero-order chi connectivity index (χ0) is 19.8. The Hall–Kier alpha value is -2.29. The van der Waals surface area contributed by atoms with Gasteiger partial charge >= 0.3 is 0 Å². The Morgan fingerprint density at radius 2 is 1.55 bits per heavy atom. The fourth-order valence-corrected chi connectivity index (χ4v) is 3.22. The lowest BCUT2D eigenvalue weighted by molar-refractivity contribution is -0.130. The van der Waals surface area contributed by atoms with Crippen LogP contribution in [-0.2, 0) is 11.3 Å². The number of guanidine groups is 1. The van der Waals surface area contributed by atoms with Crippen molar-refractivity contribution in [3.8, 4) is 0 Å². The molecule has 0 aliphatic carbocycles. The van der Waals surface area contributed by atoms with Crippen molar-refractivity contribution >= 4 is 41.5 Å². The van der Waals surface area contributed by atoms with Crippen LogP contribution in [0.5, 0.6) is 0 Å². The zero-order valence-corrected chi connectivity index (χ0v) is 19.5. The van der Waals surface area contributed by atoms with E-state index >= 15 is 0 Å². The van der Waals surface area contributed by atoms with Crippen LogP contribution in [0.25, 0.3) is 0 Å². The molecular weight excluding hydrogens is 477 g/mol. The minimum atomic E-state index is 0. The minimum absolute atomic E-state index is 0. The van der Waals surface area contributed by atoms with Crippen molar-refractivity contribution in [3.05, 3.63) is 66.2 Å². The molecule has 1 heterocycles. The van der Waals surface area contributed by atoms with Crippen molar-refractivity contribution in [2.75, 3.05) is 51.7 Å². The van der Waals surface area contributed by atoms with E-state index in [9.17, 15) is 4.79 Å². The van der Waals surface area contributed by atoms with Gasteiger partial charge in [0.2, 0.25) is 5.91 Å².